The minimum Gasteiger partial charge on any atom is -0.454 e. The second kappa shape index (κ2) is 5.65. The van der Waals surface area contributed by atoms with Crippen molar-refractivity contribution in [3.8, 4) is 11.5 Å². The van der Waals surface area contributed by atoms with Gasteiger partial charge in [0.25, 0.3) is 0 Å². The van der Waals surface area contributed by atoms with Crippen molar-refractivity contribution in [3.63, 3.8) is 0 Å². The van der Waals surface area contributed by atoms with Gasteiger partial charge in [-0.3, -0.25) is 4.90 Å². The van der Waals surface area contributed by atoms with E-state index in [-0.39, 0.29) is 36.6 Å². The van der Waals surface area contributed by atoms with Crippen LogP contribution in [-0.2, 0) is 6.54 Å². The van der Waals surface area contributed by atoms with Gasteiger partial charge in [0.1, 0.15) is 0 Å². The van der Waals surface area contributed by atoms with Crippen LogP contribution in [-0.4, -0.2) is 52.2 Å². The molecule has 0 spiro atoms. The molecule has 1 saturated heterocycles. The summed E-state index contributed by atoms with van der Waals surface area (Å²) in [5, 5.41) is 20.7. The molecule has 1 aromatic rings. The van der Waals surface area contributed by atoms with Gasteiger partial charge in [-0.15, -0.1) is 12.4 Å². The Labute approximate surface area is 140 Å². The van der Waals surface area contributed by atoms with Crippen LogP contribution in [0.15, 0.2) is 23.8 Å². The fourth-order valence-electron chi connectivity index (χ4n) is 4.35. The Balaban J connectivity index is 0.000000781. The molecule has 4 aliphatic rings. The summed E-state index contributed by atoms with van der Waals surface area (Å²) in [5.74, 6) is 1.45. The Bertz CT molecular complexity index is 664. The zero-order chi connectivity index (χ0) is 14.1. The van der Waals surface area contributed by atoms with Gasteiger partial charge >= 0.3 is 0 Å². The van der Waals surface area contributed by atoms with E-state index in [1.807, 2.05) is 18.2 Å². The van der Waals surface area contributed by atoms with Gasteiger partial charge in [-0.1, -0.05) is 11.6 Å². The van der Waals surface area contributed by atoms with Crippen LogP contribution in [0.3, 0.4) is 0 Å². The van der Waals surface area contributed by atoms with E-state index in [0.29, 0.717) is 0 Å². The highest BCUT2D eigenvalue weighted by atomic mass is 35.5. The van der Waals surface area contributed by atoms with Gasteiger partial charge in [0, 0.05) is 25.0 Å². The highest BCUT2D eigenvalue weighted by molar-refractivity contribution is 5.85. The van der Waals surface area contributed by atoms with E-state index >= 15 is 0 Å². The van der Waals surface area contributed by atoms with Crippen LogP contribution in [0.25, 0.3) is 0 Å². The lowest BCUT2D eigenvalue weighted by atomic mass is 9.73. The van der Waals surface area contributed by atoms with Gasteiger partial charge < -0.3 is 25.2 Å². The Morgan fingerprint density at radius 1 is 1.13 bits per heavy atom. The van der Waals surface area contributed by atoms with Gasteiger partial charge in [-0.25, -0.2) is 0 Å². The summed E-state index contributed by atoms with van der Waals surface area (Å²) in [6.45, 7) is 2.11. The van der Waals surface area contributed by atoms with Crippen molar-refractivity contribution in [1.82, 2.24) is 4.90 Å². The standard InChI is InChI=1S/C16H17NO4.ClH.H2O/c18-11-3-8-1-2-17-6-9-4-12-13(21-7-20-12)5-10(9)14(15(8)17)16(11)19;;/h3-5,11,14-16,18-19H,1-2,6-7H2;1H;1H2. The number of fused-ring (bicyclic) bond motifs is 3. The number of halogens is 1. The third kappa shape index (κ3) is 2.17. The lowest BCUT2D eigenvalue weighted by Gasteiger charge is -2.44. The van der Waals surface area contributed by atoms with Crippen molar-refractivity contribution in [2.45, 2.75) is 37.1 Å². The fraction of sp³-hybridized carbons (Fsp3) is 0.500. The zero-order valence-corrected chi connectivity index (χ0v) is 13.3. The number of ether oxygens (including phenoxy) is 2. The molecule has 0 radical (unpaired) electrons. The lowest BCUT2D eigenvalue weighted by molar-refractivity contribution is -0.00157. The monoisotopic (exact) mass is 341 g/mol. The van der Waals surface area contributed by atoms with E-state index in [1.54, 1.807) is 0 Å². The number of aliphatic hydroxyl groups excluding tert-OH is 2. The molecule has 4 atom stereocenters. The first-order valence-electron chi connectivity index (χ1n) is 7.45. The smallest absolute Gasteiger partial charge is 0.231 e. The largest absolute Gasteiger partial charge is 0.454 e. The van der Waals surface area contributed by atoms with E-state index in [2.05, 4.69) is 4.90 Å². The third-order valence-corrected chi connectivity index (χ3v) is 5.27. The number of hydrogen-bond acceptors (Lipinski definition) is 5. The lowest BCUT2D eigenvalue weighted by Crippen LogP contribution is -2.49. The number of hydrogen-bond donors (Lipinski definition) is 2. The second-order valence-corrected chi connectivity index (χ2v) is 6.32. The van der Waals surface area contributed by atoms with Gasteiger partial charge in [-0.05, 0) is 29.7 Å². The molecule has 7 heteroatoms. The normalized spacial score (nSPS) is 33.0. The maximum Gasteiger partial charge on any atom is 0.231 e. The van der Waals surface area contributed by atoms with E-state index in [9.17, 15) is 10.2 Å². The van der Waals surface area contributed by atoms with Gasteiger partial charge in [-0.2, -0.15) is 0 Å². The molecular weight excluding hydrogens is 322 g/mol. The molecule has 126 valence electrons. The van der Waals surface area contributed by atoms with Crippen LogP contribution in [0.4, 0.5) is 0 Å². The summed E-state index contributed by atoms with van der Waals surface area (Å²) in [6, 6.07) is 4.25. The van der Waals surface area contributed by atoms with Crippen molar-refractivity contribution in [1.29, 1.82) is 0 Å². The fourth-order valence-corrected chi connectivity index (χ4v) is 4.35. The summed E-state index contributed by atoms with van der Waals surface area (Å²) in [4.78, 5) is 2.40. The molecule has 0 amide bonds. The molecule has 0 aromatic heterocycles. The highest BCUT2D eigenvalue weighted by Gasteiger charge is 2.48. The quantitative estimate of drug-likeness (QED) is 0.664. The SMILES string of the molecule is Cl.O.OC1C=C2CCN3Cc4cc5c(cc4C(C1O)C23)OCO5. The molecule has 0 bridgehead atoms. The van der Waals surface area contributed by atoms with Crippen molar-refractivity contribution in [2.24, 2.45) is 0 Å². The Kier molecular flexibility index (Phi) is 4.06. The molecule has 5 rings (SSSR count). The van der Waals surface area contributed by atoms with Crippen LogP contribution in [0.2, 0.25) is 0 Å². The van der Waals surface area contributed by atoms with Crippen molar-refractivity contribution in [2.75, 3.05) is 13.3 Å². The molecule has 0 saturated carbocycles. The average Bonchev–Trinajstić information content (AvgIpc) is 3.08. The Morgan fingerprint density at radius 3 is 2.65 bits per heavy atom. The van der Waals surface area contributed by atoms with Gasteiger partial charge in [0.05, 0.1) is 12.2 Å². The molecule has 23 heavy (non-hydrogen) atoms. The molecule has 4 N–H and O–H groups in total. The maximum absolute atomic E-state index is 10.5. The van der Waals surface area contributed by atoms with Crippen LogP contribution in [0.1, 0.15) is 23.5 Å². The number of rotatable bonds is 0. The maximum atomic E-state index is 10.5. The van der Waals surface area contributed by atoms with E-state index in [4.69, 9.17) is 9.47 Å². The van der Waals surface area contributed by atoms with Crippen molar-refractivity contribution in [3.05, 3.63) is 34.9 Å². The highest BCUT2D eigenvalue weighted by Crippen LogP contribution is 2.49. The topological polar surface area (TPSA) is 93.7 Å². The molecular formula is C16H20ClNO5. The zero-order valence-electron chi connectivity index (χ0n) is 12.4. The summed E-state index contributed by atoms with van der Waals surface area (Å²) in [6.07, 6.45) is 1.28. The average molecular weight is 342 g/mol. The third-order valence-electron chi connectivity index (χ3n) is 5.27. The first-order valence-corrected chi connectivity index (χ1v) is 7.45. The predicted molar refractivity (Wildman–Crippen MR) is 85.1 cm³/mol. The predicted octanol–water partition coefficient (Wildman–Crippen LogP) is 0.346. The molecule has 4 unspecified atom stereocenters. The number of nitrogens with zero attached hydrogens (tertiary/aromatic N) is 1. The van der Waals surface area contributed by atoms with Crippen molar-refractivity contribution >= 4 is 12.4 Å². The minimum atomic E-state index is -0.780. The van der Waals surface area contributed by atoms with E-state index in [1.165, 1.54) is 11.1 Å². The molecule has 1 fully saturated rings. The number of aliphatic hydroxyl groups is 2. The Morgan fingerprint density at radius 2 is 1.87 bits per heavy atom. The van der Waals surface area contributed by atoms with Crippen molar-refractivity contribution < 1.29 is 25.2 Å². The Hall–Kier alpha value is -1.31. The first kappa shape index (κ1) is 16.5. The van der Waals surface area contributed by atoms with Gasteiger partial charge in [0.15, 0.2) is 11.5 Å². The number of benzene rings is 1. The van der Waals surface area contributed by atoms with E-state index in [0.717, 1.165) is 36.6 Å². The van der Waals surface area contributed by atoms with Gasteiger partial charge in [0.2, 0.25) is 6.79 Å². The van der Waals surface area contributed by atoms with Crippen LogP contribution >= 0.6 is 12.4 Å². The molecule has 3 aliphatic heterocycles. The van der Waals surface area contributed by atoms with Crippen LogP contribution in [0.5, 0.6) is 11.5 Å². The molecule has 1 aromatic carbocycles. The van der Waals surface area contributed by atoms with Crippen LogP contribution in [0, 0.1) is 0 Å². The summed E-state index contributed by atoms with van der Waals surface area (Å²) < 4.78 is 10.9. The van der Waals surface area contributed by atoms with Crippen LogP contribution < -0.4 is 9.47 Å². The molecule has 1 aliphatic carbocycles. The first-order chi connectivity index (χ1) is 10.2. The summed E-state index contributed by atoms with van der Waals surface area (Å²) in [5.41, 5.74) is 3.54. The second-order valence-electron chi connectivity index (χ2n) is 6.32. The molecule has 3 heterocycles. The summed E-state index contributed by atoms with van der Waals surface area (Å²) in [7, 11) is 0. The van der Waals surface area contributed by atoms with E-state index < -0.39 is 12.2 Å². The minimum absolute atomic E-state index is 0. The molecule has 6 nitrogen and oxygen atoms in total. The summed E-state index contributed by atoms with van der Waals surface area (Å²) >= 11 is 0.